The van der Waals surface area contributed by atoms with Crippen LogP contribution < -0.4 is 5.56 Å². The highest BCUT2D eigenvalue weighted by Gasteiger charge is 2.44. The molecule has 1 saturated heterocycles. The SMILES string of the molecule is N#Cc1cn(C2OC(CO)C(O)C2O)c2nc[nH]c(=O)c12. The van der Waals surface area contributed by atoms with Crippen molar-refractivity contribution in [2.45, 2.75) is 24.5 Å². The Morgan fingerprint density at radius 1 is 1.48 bits per heavy atom. The molecule has 0 aromatic carbocycles. The number of aromatic nitrogens is 3. The van der Waals surface area contributed by atoms with Crippen LogP contribution in [0.3, 0.4) is 0 Å². The Morgan fingerprint density at radius 2 is 2.24 bits per heavy atom. The Morgan fingerprint density at radius 3 is 2.86 bits per heavy atom. The van der Waals surface area contributed by atoms with E-state index >= 15 is 0 Å². The predicted octanol–water partition coefficient (Wildman–Crippen LogP) is -1.79. The lowest BCUT2D eigenvalue weighted by Crippen LogP contribution is -2.33. The fourth-order valence-corrected chi connectivity index (χ4v) is 2.48. The van der Waals surface area contributed by atoms with E-state index in [1.165, 1.54) is 17.1 Å². The summed E-state index contributed by atoms with van der Waals surface area (Å²) in [6.45, 7) is -0.465. The molecule has 1 aliphatic heterocycles. The summed E-state index contributed by atoms with van der Waals surface area (Å²) in [5, 5.41) is 38.1. The molecule has 0 amide bonds. The molecule has 0 radical (unpaired) electrons. The molecule has 0 saturated carbocycles. The van der Waals surface area contributed by atoms with Gasteiger partial charge in [-0.25, -0.2) is 4.98 Å². The van der Waals surface area contributed by atoms with Crippen LogP contribution in [0.1, 0.15) is 11.8 Å². The maximum atomic E-state index is 11.8. The van der Waals surface area contributed by atoms with E-state index in [0.29, 0.717) is 0 Å². The number of nitrogens with zero attached hydrogens (tertiary/aromatic N) is 3. The fourth-order valence-electron chi connectivity index (χ4n) is 2.48. The van der Waals surface area contributed by atoms with Gasteiger partial charge in [-0.2, -0.15) is 5.26 Å². The van der Waals surface area contributed by atoms with E-state index in [1.807, 2.05) is 6.07 Å². The van der Waals surface area contributed by atoms with Crippen molar-refractivity contribution in [1.82, 2.24) is 14.5 Å². The highest BCUT2D eigenvalue weighted by atomic mass is 16.6. The van der Waals surface area contributed by atoms with E-state index in [-0.39, 0.29) is 16.6 Å². The highest BCUT2D eigenvalue weighted by Crippen LogP contribution is 2.32. The van der Waals surface area contributed by atoms with Crippen LogP contribution in [0, 0.1) is 11.3 Å². The lowest BCUT2D eigenvalue weighted by Gasteiger charge is -2.16. The molecule has 110 valence electrons. The molecule has 9 heteroatoms. The van der Waals surface area contributed by atoms with E-state index in [4.69, 9.17) is 15.1 Å². The average Bonchev–Trinajstić information content (AvgIpc) is 2.99. The monoisotopic (exact) mass is 292 g/mol. The second kappa shape index (κ2) is 4.94. The van der Waals surface area contributed by atoms with Gasteiger partial charge in [0, 0.05) is 6.20 Å². The minimum atomic E-state index is -1.31. The summed E-state index contributed by atoms with van der Waals surface area (Å²) in [5.41, 5.74) is -0.246. The molecule has 1 aliphatic rings. The normalized spacial score (nSPS) is 28.9. The molecular weight excluding hydrogens is 280 g/mol. The van der Waals surface area contributed by atoms with Crippen molar-refractivity contribution in [3.05, 3.63) is 28.4 Å². The molecule has 2 aromatic rings. The van der Waals surface area contributed by atoms with Crippen LogP contribution in [0.15, 0.2) is 17.3 Å². The number of fused-ring (bicyclic) bond motifs is 1. The number of aromatic amines is 1. The summed E-state index contributed by atoms with van der Waals surface area (Å²) in [7, 11) is 0. The third-order valence-corrected chi connectivity index (χ3v) is 3.53. The number of hydrogen-bond donors (Lipinski definition) is 4. The number of aliphatic hydroxyl groups is 3. The van der Waals surface area contributed by atoms with Crippen molar-refractivity contribution in [1.29, 1.82) is 5.26 Å². The third kappa shape index (κ3) is 1.93. The van der Waals surface area contributed by atoms with Crippen LogP contribution in [0.2, 0.25) is 0 Å². The molecule has 2 aromatic heterocycles. The number of hydrogen-bond acceptors (Lipinski definition) is 7. The number of H-pyrrole nitrogens is 1. The maximum Gasteiger partial charge on any atom is 0.261 e. The van der Waals surface area contributed by atoms with Crippen LogP contribution in [0.25, 0.3) is 11.0 Å². The Labute approximate surface area is 117 Å². The molecular formula is C12H12N4O5. The lowest BCUT2D eigenvalue weighted by atomic mass is 10.1. The van der Waals surface area contributed by atoms with Crippen molar-refractivity contribution in [2.75, 3.05) is 6.61 Å². The number of aliphatic hydroxyl groups excluding tert-OH is 3. The quantitative estimate of drug-likeness (QED) is 0.511. The Balaban J connectivity index is 2.17. The molecule has 21 heavy (non-hydrogen) atoms. The van der Waals surface area contributed by atoms with E-state index in [2.05, 4.69) is 9.97 Å². The smallest absolute Gasteiger partial charge is 0.261 e. The minimum absolute atomic E-state index is 0.0806. The minimum Gasteiger partial charge on any atom is -0.394 e. The zero-order valence-corrected chi connectivity index (χ0v) is 10.7. The summed E-state index contributed by atoms with van der Waals surface area (Å²) < 4.78 is 6.69. The van der Waals surface area contributed by atoms with Crippen LogP contribution in [-0.4, -0.2) is 54.8 Å². The molecule has 0 aliphatic carbocycles. The first-order valence-electron chi connectivity index (χ1n) is 6.19. The first-order chi connectivity index (χ1) is 10.1. The fraction of sp³-hybridized carbons (Fsp3) is 0.417. The zero-order chi connectivity index (χ0) is 15.1. The van der Waals surface area contributed by atoms with Gasteiger partial charge in [0.15, 0.2) is 11.9 Å². The van der Waals surface area contributed by atoms with E-state index in [0.717, 1.165) is 0 Å². The molecule has 0 bridgehead atoms. The average molecular weight is 292 g/mol. The predicted molar refractivity (Wildman–Crippen MR) is 68.1 cm³/mol. The van der Waals surface area contributed by atoms with Crippen molar-refractivity contribution in [3.8, 4) is 6.07 Å². The van der Waals surface area contributed by atoms with Gasteiger partial charge in [-0.3, -0.25) is 4.79 Å². The Bertz CT molecular complexity index is 776. The van der Waals surface area contributed by atoms with Gasteiger partial charge in [-0.15, -0.1) is 0 Å². The molecule has 4 unspecified atom stereocenters. The van der Waals surface area contributed by atoms with Gasteiger partial charge in [0.05, 0.1) is 18.5 Å². The van der Waals surface area contributed by atoms with E-state index in [9.17, 15) is 15.0 Å². The second-order valence-electron chi connectivity index (χ2n) is 4.72. The Hall–Kier alpha value is -2.25. The summed E-state index contributed by atoms with van der Waals surface area (Å²) in [4.78, 5) is 18.2. The summed E-state index contributed by atoms with van der Waals surface area (Å²) in [6, 6.07) is 1.88. The summed E-state index contributed by atoms with van der Waals surface area (Å²) >= 11 is 0. The van der Waals surface area contributed by atoms with Crippen molar-refractivity contribution in [2.24, 2.45) is 0 Å². The standard InChI is InChI=1S/C12H12N4O5/c13-1-5-2-16(10-7(5)11(20)15-4-14-10)12-9(19)8(18)6(3-17)21-12/h2,4,6,8-9,12,17-19H,3H2,(H,14,15,20). The van der Waals surface area contributed by atoms with Crippen molar-refractivity contribution in [3.63, 3.8) is 0 Å². The van der Waals surface area contributed by atoms with Gasteiger partial charge in [-0.05, 0) is 0 Å². The van der Waals surface area contributed by atoms with E-state index in [1.54, 1.807) is 0 Å². The number of nitriles is 1. The molecule has 3 rings (SSSR count). The Kier molecular flexibility index (Phi) is 3.23. The topological polar surface area (TPSA) is 144 Å². The van der Waals surface area contributed by atoms with Gasteiger partial charge < -0.3 is 29.6 Å². The first kappa shape index (κ1) is 13.7. The molecule has 0 spiro atoms. The summed E-state index contributed by atoms with van der Waals surface area (Å²) in [5.74, 6) is 0. The number of ether oxygens (including phenoxy) is 1. The van der Waals surface area contributed by atoms with Gasteiger partial charge in [-0.1, -0.05) is 0 Å². The molecule has 3 heterocycles. The van der Waals surface area contributed by atoms with E-state index < -0.39 is 36.7 Å². The van der Waals surface area contributed by atoms with Crippen molar-refractivity contribution >= 4 is 11.0 Å². The van der Waals surface area contributed by atoms with Crippen LogP contribution >= 0.6 is 0 Å². The molecule has 4 atom stereocenters. The zero-order valence-electron chi connectivity index (χ0n) is 10.7. The van der Waals surface area contributed by atoms with Gasteiger partial charge >= 0.3 is 0 Å². The van der Waals surface area contributed by atoms with Gasteiger partial charge in [0.25, 0.3) is 5.56 Å². The lowest BCUT2D eigenvalue weighted by molar-refractivity contribution is -0.0508. The van der Waals surface area contributed by atoms with Gasteiger partial charge in [0.1, 0.15) is 29.8 Å². The molecule has 4 N–H and O–H groups in total. The summed E-state index contributed by atoms with van der Waals surface area (Å²) in [6.07, 6.45) is -2.09. The van der Waals surface area contributed by atoms with Gasteiger partial charge in [0.2, 0.25) is 0 Å². The maximum absolute atomic E-state index is 11.8. The second-order valence-corrected chi connectivity index (χ2v) is 4.72. The van der Waals surface area contributed by atoms with Crippen LogP contribution in [-0.2, 0) is 4.74 Å². The van der Waals surface area contributed by atoms with Crippen LogP contribution in [0.5, 0.6) is 0 Å². The first-order valence-corrected chi connectivity index (χ1v) is 6.19. The third-order valence-electron chi connectivity index (χ3n) is 3.53. The van der Waals surface area contributed by atoms with Crippen molar-refractivity contribution < 1.29 is 20.1 Å². The number of rotatable bonds is 2. The molecule has 1 fully saturated rings. The number of nitrogens with one attached hydrogen (secondary N) is 1. The largest absolute Gasteiger partial charge is 0.394 e. The molecule has 9 nitrogen and oxygen atoms in total. The van der Waals surface area contributed by atoms with Crippen LogP contribution in [0.4, 0.5) is 0 Å². The highest BCUT2D eigenvalue weighted by molar-refractivity contribution is 5.82.